The summed E-state index contributed by atoms with van der Waals surface area (Å²) in [5, 5.41) is 9.48. The lowest BCUT2D eigenvalue weighted by Crippen LogP contribution is -2.27. The highest BCUT2D eigenvalue weighted by Crippen LogP contribution is 2.21. The van der Waals surface area contributed by atoms with Crippen molar-refractivity contribution in [1.29, 1.82) is 0 Å². The molecule has 1 saturated carbocycles. The molecule has 22 heavy (non-hydrogen) atoms. The van der Waals surface area contributed by atoms with E-state index in [0.29, 0.717) is 6.01 Å². The number of aliphatic hydroxyl groups excluding tert-OH is 1. The predicted molar refractivity (Wildman–Crippen MR) is 83.3 cm³/mol. The van der Waals surface area contributed by atoms with E-state index in [9.17, 15) is 5.11 Å². The van der Waals surface area contributed by atoms with Gasteiger partial charge in [-0.2, -0.15) is 0 Å². The first-order valence-corrected chi connectivity index (χ1v) is 7.53. The van der Waals surface area contributed by atoms with Gasteiger partial charge in [0.2, 0.25) is 0 Å². The van der Waals surface area contributed by atoms with E-state index in [1.807, 2.05) is 30.3 Å². The molecule has 0 bridgehead atoms. The highest BCUT2D eigenvalue weighted by molar-refractivity contribution is 5.40. The summed E-state index contributed by atoms with van der Waals surface area (Å²) in [5.74, 6) is 6.10. The number of ether oxygens (including phenoxy) is 1. The number of rotatable bonds is 2. The van der Waals surface area contributed by atoms with Gasteiger partial charge in [0.05, 0.1) is 11.7 Å². The van der Waals surface area contributed by atoms with Crippen LogP contribution in [0.2, 0.25) is 0 Å². The SMILES string of the molecule is O[C@H]1CC[C@H](Oc2ncc(C#Cc3ccccc3)cn2)CC1. The molecular formula is C18H18N2O2. The third-order valence-electron chi connectivity index (χ3n) is 3.67. The third kappa shape index (κ3) is 4.06. The Morgan fingerprint density at radius 3 is 2.23 bits per heavy atom. The lowest BCUT2D eigenvalue weighted by atomic mass is 9.95. The summed E-state index contributed by atoms with van der Waals surface area (Å²) in [4.78, 5) is 8.41. The van der Waals surface area contributed by atoms with Crippen molar-refractivity contribution in [2.75, 3.05) is 0 Å². The standard InChI is InChI=1S/C18H18N2O2/c21-16-8-10-17(11-9-16)22-18-19-12-15(13-20-18)7-6-14-4-2-1-3-5-14/h1-5,12-13,16-17,21H,8-11H2/t16-,17-. The third-order valence-corrected chi connectivity index (χ3v) is 3.67. The maximum atomic E-state index is 9.48. The van der Waals surface area contributed by atoms with Crippen molar-refractivity contribution in [1.82, 2.24) is 9.97 Å². The molecule has 0 atom stereocenters. The van der Waals surface area contributed by atoms with Gasteiger partial charge in [-0.3, -0.25) is 0 Å². The molecule has 2 aromatic rings. The van der Waals surface area contributed by atoms with E-state index in [-0.39, 0.29) is 12.2 Å². The molecule has 1 heterocycles. The summed E-state index contributed by atoms with van der Waals surface area (Å²) < 4.78 is 5.74. The second-order valence-electron chi connectivity index (χ2n) is 5.42. The van der Waals surface area contributed by atoms with Crippen molar-refractivity contribution in [3.63, 3.8) is 0 Å². The second kappa shape index (κ2) is 7.06. The molecule has 4 heteroatoms. The van der Waals surface area contributed by atoms with Crippen LogP contribution in [0.3, 0.4) is 0 Å². The van der Waals surface area contributed by atoms with Gasteiger partial charge in [0.25, 0.3) is 0 Å². The highest BCUT2D eigenvalue weighted by Gasteiger charge is 2.21. The van der Waals surface area contributed by atoms with Crippen LogP contribution in [0.1, 0.15) is 36.8 Å². The Labute approximate surface area is 130 Å². The fourth-order valence-corrected chi connectivity index (χ4v) is 2.42. The zero-order chi connectivity index (χ0) is 15.2. The van der Waals surface area contributed by atoms with Gasteiger partial charge in [0, 0.05) is 18.0 Å². The number of hydrogen-bond acceptors (Lipinski definition) is 4. The first-order valence-electron chi connectivity index (χ1n) is 7.53. The second-order valence-corrected chi connectivity index (χ2v) is 5.42. The smallest absolute Gasteiger partial charge is 0.316 e. The number of nitrogens with zero attached hydrogens (tertiary/aromatic N) is 2. The van der Waals surface area contributed by atoms with Crippen LogP contribution >= 0.6 is 0 Å². The molecule has 4 nitrogen and oxygen atoms in total. The van der Waals surface area contributed by atoms with E-state index in [2.05, 4.69) is 21.8 Å². The maximum Gasteiger partial charge on any atom is 0.316 e. The number of hydrogen-bond donors (Lipinski definition) is 1. The molecule has 1 aromatic heterocycles. The van der Waals surface area contributed by atoms with E-state index in [0.717, 1.165) is 36.8 Å². The predicted octanol–water partition coefficient (Wildman–Crippen LogP) is 2.56. The summed E-state index contributed by atoms with van der Waals surface area (Å²) in [7, 11) is 0. The Balaban J connectivity index is 1.60. The van der Waals surface area contributed by atoms with Gasteiger partial charge in [-0.1, -0.05) is 30.0 Å². The molecule has 112 valence electrons. The van der Waals surface area contributed by atoms with Crippen molar-refractivity contribution >= 4 is 0 Å². The molecule has 0 spiro atoms. The zero-order valence-electron chi connectivity index (χ0n) is 12.3. The Bertz CT molecular complexity index is 651. The van der Waals surface area contributed by atoms with Crippen LogP contribution in [0, 0.1) is 11.8 Å². The monoisotopic (exact) mass is 294 g/mol. The summed E-state index contributed by atoms with van der Waals surface area (Å²) in [6, 6.07) is 10.2. The van der Waals surface area contributed by atoms with Crippen LogP contribution in [0.4, 0.5) is 0 Å². The quantitative estimate of drug-likeness (QED) is 0.865. The van der Waals surface area contributed by atoms with Crippen molar-refractivity contribution in [2.24, 2.45) is 0 Å². The Morgan fingerprint density at radius 2 is 1.55 bits per heavy atom. The minimum atomic E-state index is -0.184. The minimum Gasteiger partial charge on any atom is -0.460 e. The maximum absolute atomic E-state index is 9.48. The van der Waals surface area contributed by atoms with Crippen LogP contribution in [-0.2, 0) is 0 Å². The molecule has 1 aliphatic carbocycles. The van der Waals surface area contributed by atoms with Crippen molar-refractivity contribution in [3.05, 3.63) is 53.9 Å². The lowest BCUT2D eigenvalue weighted by Gasteiger charge is -2.25. The molecular weight excluding hydrogens is 276 g/mol. The molecule has 1 aliphatic rings. The van der Waals surface area contributed by atoms with Gasteiger partial charge in [0.1, 0.15) is 6.10 Å². The molecule has 1 fully saturated rings. The average Bonchev–Trinajstić information content (AvgIpc) is 2.57. The van der Waals surface area contributed by atoms with Gasteiger partial charge in [-0.25, -0.2) is 9.97 Å². The van der Waals surface area contributed by atoms with Crippen LogP contribution < -0.4 is 4.74 Å². The molecule has 3 rings (SSSR count). The Hall–Kier alpha value is -2.38. The van der Waals surface area contributed by atoms with Gasteiger partial charge in [0.15, 0.2) is 0 Å². The van der Waals surface area contributed by atoms with E-state index >= 15 is 0 Å². The van der Waals surface area contributed by atoms with Crippen molar-refractivity contribution in [2.45, 2.75) is 37.9 Å². The molecule has 0 amide bonds. The number of aliphatic hydroxyl groups is 1. The van der Waals surface area contributed by atoms with Gasteiger partial charge >= 0.3 is 6.01 Å². The van der Waals surface area contributed by atoms with Crippen LogP contribution in [-0.4, -0.2) is 27.3 Å². The van der Waals surface area contributed by atoms with E-state index < -0.39 is 0 Å². The van der Waals surface area contributed by atoms with E-state index in [4.69, 9.17) is 4.74 Å². The molecule has 1 aromatic carbocycles. The summed E-state index contributed by atoms with van der Waals surface area (Å²) >= 11 is 0. The Morgan fingerprint density at radius 1 is 0.909 bits per heavy atom. The normalized spacial score (nSPS) is 20.8. The largest absolute Gasteiger partial charge is 0.460 e. The topological polar surface area (TPSA) is 55.2 Å². The van der Waals surface area contributed by atoms with E-state index in [1.165, 1.54) is 0 Å². The van der Waals surface area contributed by atoms with E-state index in [1.54, 1.807) is 12.4 Å². The van der Waals surface area contributed by atoms with Gasteiger partial charge < -0.3 is 9.84 Å². The molecule has 0 saturated heterocycles. The van der Waals surface area contributed by atoms with Crippen LogP contribution in [0.15, 0.2) is 42.7 Å². The molecule has 0 unspecified atom stereocenters. The molecule has 0 radical (unpaired) electrons. The van der Waals surface area contributed by atoms with Crippen molar-refractivity contribution < 1.29 is 9.84 Å². The lowest BCUT2D eigenvalue weighted by molar-refractivity contribution is 0.0618. The van der Waals surface area contributed by atoms with Crippen LogP contribution in [0.25, 0.3) is 0 Å². The molecule has 1 N–H and O–H groups in total. The number of aromatic nitrogens is 2. The first kappa shape index (κ1) is 14.6. The first-order chi connectivity index (χ1) is 10.8. The van der Waals surface area contributed by atoms with Crippen molar-refractivity contribution in [3.8, 4) is 17.9 Å². The number of benzene rings is 1. The summed E-state index contributed by atoms with van der Waals surface area (Å²) in [6.07, 6.45) is 6.53. The van der Waals surface area contributed by atoms with Gasteiger partial charge in [-0.15, -0.1) is 0 Å². The fraction of sp³-hybridized carbons (Fsp3) is 0.333. The minimum absolute atomic E-state index is 0.102. The van der Waals surface area contributed by atoms with Crippen LogP contribution in [0.5, 0.6) is 6.01 Å². The Kier molecular flexibility index (Phi) is 4.67. The average molecular weight is 294 g/mol. The van der Waals surface area contributed by atoms with Gasteiger partial charge in [-0.05, 0) is 37.8 Å². The summed E-state index contributed by atoms with van der Waals surface area (Å²) in [5.41, 5.74) is 1.72. The molecule has 0 aliphatic heterocycles. The zero-order valence-corrected chi connectivity index (χ0v) is 12.3. The fourth-order valence-electron chi connectivity index (χ4n) is 2.42. The highest BCUT2D eigenvalue weighted by atomic mass is 16.5. The summed E-state index contributed by atoms with van der Waals surface area (Å²) in [6.45, 7) is 0.